The minimum Gasteiger partial charge on any atom is -0.469 e. The van der Waals surface area contributed by atoms with Crippen LogP contribution in [0.15, 0.2) is 29.2 Å². The number of hydrogen-bond acceptors (Lipinski definition) is 7. The lowest BCUT2D eigenvalue weighted by atomic mass is 9.50. The summed E-state index contributed by atoms with van der Waals surface area (Å²) in [4.78, 5) is 22.3. The number of carbonyl (C=O) groups excluding carboxylic acids is 1. The van der Waals surface area contributed by atoms with Crippen molar-refractivity contribution in [3.8, 4) is 0 Å². The van der Waals surface area contributed by atoms with Gasteiger partial charge < -0.3 is 4.74 Å². The largest absolute Gasteiger partial charge is 0.469 e. The highest BCUT2D eigenvalue weighted by atomic mass is 32.2. The first-order valence-corrected chi connectivity index (χ1v) is 10.5. The summed E-state index contributed by atoms with van der Waals surface area (Å²) in [6.07, 6.45) is 2.90. The highest BCUT2D eigenvalue weighted by Crippen LogP contribution is 2.58. The van der Waals surface area contributed by atoms with Crippen LogP contribution in [-0.2, 0) is 23.8 Å². The number of ether oxygens (including phenoxy) is 1. The van der Waals surface area contributed by atoms with Gasteiger partial charge in [-0.1, -0.05) is 0 Å². The molecule has 1 aromatic rings. The molecule has 5 rings (SSSR count). The van der Waals surface area contributed by atoms with Crippen molar-refractivity contribution in [2.24, 2.45) is 29.6 Å². The molecule has 9 heteroatoms. The monoisotopic (exact) mass is 395 g/mol. The van der Waals surface area contributed by atoms with Gasteiger partial charge in [0.2, 0.25) is 0 Å². The number of esters is 1. The molecule has 4 aliphatic rings. The van der Waals surface area contributed by atoms with Crippen LogP contribution >= 0.6 is 0 Å². The van der Waals surface area contributed by atoms with E-state index in [1.807, 2.05) is 0 Å². The third kappa shape index (κ3) is 3.12. The van der Waals surface area contributed by atoms with Crippen molar-refractivity contribution in [1.82, 2.24) is 0 Å². The molecule has 4 saturated carbocycles. The molecule has 0 N–H and O–H groups in total. The molecular weight excluding hydrogens is 374 g/mol. The Balaban J connectivity index is 1.59. The zero-order valence-electron chi connectivity index (χ0n) is 14.8. The SMILES string of the molecule is COC(=O)[C@@H]1[C@H]2C[C@H]3C[C@@H](C2)[C@H](OS(=O)(=O)c2ccc([N+](=O)[O-])cc2)[C@H]1C3. The number of hydrogen-bond donors (Lipinski definition) is 0. The van der Waals surface area contributed by atoms with Gasteiger partial charge in [-0.05, 0) is 55.6 Å². The van der Waals surface area contributed by atoms with E-state index in [4.69, 9.17) is 8.92 Å². The predicted molar refractivity (Wildman–Crippen MR) is 93.1 cm³/mol. The van der Waals surface area contributed by atoms with Gasteiger partial charge in [-0.2, -0.15) is 8.42 Å². The van der Waals surface area contributed by atoms with Crippen molar-refractivity contribution >= 4 is 21.8 Å². The molecule has 0 amide bonds. The molecule has 4 aliphatic carbocycles. The lowest BCUT2D eigenvalue weighted by Gasteiger charge is -2.56. The zero-order chi connectivity index (χ0) is 19.3. The average molecular weight is 395 g/mol. The summed E-state index contributed by atoms with van der Waals surface area (Å²) < 4.78 is 36.1. The number of methoxy groups -OCH3 is 1. The van der Waals surface area contributed by atoms with Crippen LogP contribution in [0.4, 0.5) is 5.69 Å². The van der Waals surface area contributed by atoms with Gasteiger partial charge in [0.05, 0.1) is 29.0 Å². The lowest BCUT2D eigenvalue weighted by molar-refractivity contribution is -0.384. The van der Waals surface area contributed by atoms with E-state index in [1.165, 1.54) is 19.2 Å². The van der Waals surface area contributed by atoms with E-state index in [2.05, 4.69) is 0 Å². The second-order valence-corrected chi connectivity index (χ2v) is 9.38. The van der Waals surface area contributed by atoms with Crippen molar-refractivity contribution in [3.63, 3.8) is 0 Å². The molecular formula is C18H21NO7S. The Morgan fingerprint density at radius 3 is 2.41 bits per heavy atom. The second kappa shape index (κ2) is 6.56. The Morgan fingerprint density at radius 2 is 1.78 bits per heavy atom. The maximum absolute atomic E-state index is 12.7. The number of non-ortho nitro benzene ring substituents is 1. The molecule has 0 heterocycles. The smallest absolute Gasteiger partial charge is 0.309 e. The maximum atomic E-state index is 12.7. The summed E-state index contributed by atoms with van der Waals surface area (Å²) in [6, 6.07) is 4.65. The van der Waals surface area contributed by atoms with E-state index >= 15 is 0 Å². The quantitative estimate of drug-likeness (QED) is 0.326. The fourth-order valence-corrected chi connectivity index (χ4v) is 6.62. The van der Waals surface area contributed by atoms with E-state index < -0.39 is 21.1 Å². The molecule has 0 radical (unpaired) electrons. The molecule has 6 atom stereocenters. The van der Waals surface area contributed by atoms with E-state index in [1.54, 1.807) is 0 Å². The van der Waals surface area contributed by atoms with E-state index in [-0.39, 0.29) is 40.2 Å². The van der Waals surface area contributed by atoms with E-state index in [9.17, 15) is 23.3 Å². The second-order valence-electron chi connectivity index (χ2n) is 7.81. The Kier molecular flexibility index (Phi) is 4.46. The minimum atomic E-state index is -4.08. The molecule has 146 valence electrons. The van der Waals surface area contributed by atoms with Gasteiger partial charge in [-0.25, -0.2) is 0 Å². The van der Waals surface area contributed by atoms with Gasteiger partial charge in [0.15, 0.2) is 0 Å². The van der Waals surface area contributed by atoms with Gasteiger partial charge in [0.1, 0.15) is 0 Å². The van der Waals surface area contributed by atoms with Gasteiger partial charge in [-0.3, -0.25) is 19.1 Å². The number of rotatable bonds is 5. The standard InChI is InChI=1S/C18H21NO7S/c1-25-18(20)16-11-6-10-7-12(9-11)17(15(16)8-10)26-27(23,24)14-4-2-13(3-5-14)19(21)22/h2-5,10-12,15-17H,6-9H2,1H3/t10-,11-,12-,15-,16+,17-/m0/s1. The molecule has 0 saturated heterocycles. The van der Waals surface area contributed by atoms with Crippen LogP contribution < -0.4 is 0 Å². The van der Waals surface area contributed by atoms with E-state index in [0.717, 1.165) is 37.8 Å². The third-order valence-corrected chi connectivity index (χ3v) is 7.71. The van der Waals surface area contributed by atoms with Gasteiger partial charge in [0.25, 0.3) is 15.8 Å². The minimum absolute atomic E-state index is 0.112. The van der Waals surface area contributed by atoms with Gasteiger partial charge in [-0.15, -0.1) is 0 Å². The van der Waals surface area contributed by atoms with Crippen molar-refractivity contribution < 1.29 is 27.1 Å². The molecule has 4 fully saturated rings. The molecule has 8 nitrogen and oxygen atoms in total. The highest BCUT2D eigenvalue weighted by Gasteiger charge is 2.57. The third-order valence-electron chi connectivity index (χ3n) is 6.39. The predicted octanol–water partition coefficient (Wildman–Crippen LogP) is 2.52. The normalized spacial score (nSPS) is 34.4. The first kappa shape index (κ1) is 18.4. The fraction of sp³-hybridized carbons (Fsp3) is 0.611. The Hall–Kier alpha value is -2.00. The Labute approximate surface area is 157 Å². The van der Waals surface area contributed by atoms with Gasteiger partial charge >= 0.3 is 5.97 Å². The summed E-state index contributed by atoms with van der Waals surface area (Å²) in [5, 5.41) is 10.8. The average Bonchev–Trinajstić information content (AvgIpc) is 2.64. The first-order valence-electron chi connectivity index (χ1n) is 9.05. The number of nitro groups is 1. The highest BCUT2D eigenvalue weighted by molar-refractivity contribution is 7.86. The van der Waals surface area contributed by atoms with Crippen LogP contribution in [0.25, 0.3) is 0 Å². The number of benzene rings is 1. The van der Waals surface area contributed by atoms with Crippen molar-refractivity contribution in [2.45, 2.75) is 36.7 Å². The molecule has 0 spiro atoms. The molecule has 0 aliphatic heterocycles. The summed E-state index contributed by atoms with van der Waals surface area (Å²) in [5.74, 6) is 0.0937. The van der Waals surface area contributed by atoms with Crippen LogP contribution in [0.2, 0.25) is 0 Å². The molecule has 1 aromatic carbocycles. The van der Waals surface area contributed by atoms with Crippen LogP contribution in [0.5, 0.6) is 0 Å². The van der Waals surface area contributed by atoms with Crippen LogP contribution in [0.3, 0.4) is 0 Å². The summed E-state index contributed by atoms with van der Waals surface area (Å²) in [7, 11) is -2.72. The summed E-state index contributed by atoms with van der Waals surface area (Å²) >= 11 is 0. The Bertz CT molecular complexity index is 866. The number of nitro benzene ring substituents is 1. The number of carbonyl (C=O) groups is 1. The lowest BCUT2D eigenvalue weighted by Crippen LogP contribution is -2.57. The van der Waals surface area contributed by atoms with Gasteiger partial charge in [0, 0.05) is 18.1 Å². The molecule has 4 bridgehead atoms. The fourth-order valence-electron chi connectivity index (χ4n) is 5.45. The van der Waals surface area contributed by atoms with Crippen molar-refractivity contribution in [1.29, 1.82) is 0 Å². The topological polar surface area (TPSA) is 113 Å². The summed E-state index contributed by atoms with van der Waals surface area (Å²) in [5.41, 5.74) is -0.186. The zero-order valence-corrected chi connectivity index (χ0v) is 15.6. The molecule has 0 unspecified atom stereocenters. The molecule has 27 heavy (non-hydrogen) atoms. The van der Waals surface area contributed by atoms with Crippen molar-refractivity contribution in [3.05, 3.63) is 34.4 Å². The van der Waals surface area contributed by atoms with Crippen LogP contribution in [0.1, 0.15) is 25.7 Å². The Morgan fingerprint density at radius 1 is 1.11 bits per heavy atom. The maximum Gasteiger partial charge on any atom is 0.309 e. The van der Waals surface area contributed by atoms with Crippen LogP contribution in [-0.4, -0.2) is 32.5 Å². The summed E-state index contributed by atoms with van der Waals surface area (Å²) in [6.45, 7) is 0. The molecule has 0 aromatic heterocycles. The van der Waals surface area contributed by atoms with Crippen molar-refractivity contribution in [2.75, 3.05) is 7.11 Å². The number of nitrogens with zero attached hydrogens (tertiary/aromatic N) is 1. The van der Waals surface area contributed by atoms with E-state index in [0.29, 0.717) is 5.92 Å². The first-order chi connectivity index (χ1) is 12.8. The van der Waals surface area contributed by atoms with Crippen LogP contribution in [0, 0.1) is 39.7 Å².